The van der Waals surface area contributed by atoms with E-state index < -0.39 is 17.5 Å². The lowest BCUT2D eigenvalue weighted by Gasteiger charge is -2.34. The Balaban J connectivity index is 2.46. The summed E-state index contributed by atoms with van der Waals surface area (Å²) >= 11 is 0. The van der Waals surface area contributed by atoms with Gasteiger partial charge in [-0.15, -0.1) is 0 Å². The van der Waals surface area contributed by atoms with Crippen LogP contribution >= 0.6 is 0 Å². The van der Waals surface area contributed by atoms with E-state index in [9.17, 15) is 14.7 Å². The zero-order chi connectivity index (χ0) is 11.1. The van der Waals surface area contributed by atoms with Gasteiger partial charge < -0.3 is 20.0 Å². The Morgan fingerprint density at radius 1 is 1.67 bits per heavy atom. The highest BCUT2D eigenvalue weighted by Gasteiger charge is 2.42. The minimum absolute atomic E-state index is 0.209. The lowest BCUT2D eigenvalue weighted by Crippen LogP contribution is -2.59. The van der Waals surface area contributed by atoms with E-state index >= 15 is 0 Å². The van der Waals surface area contributed by atoms with Crippen molar-refractivity contribution in [3.8, 4) is 5.75 Å². The van der Waals surface area contributed by atoms with Crippen molar-refractivity contribution in [2.45, 2.75) is 12.5 Å². The molecule has 1 amide bonds. The molecule has 15 heavy (non-hydrogen) atoms. The standard InChI is InChI=1S/C9H8N2O4/c1-9(8(13)14)7(12)11-6-5(15-9)3-2-4-10-6/h2-4H,1H3,(H,13,14)(H,10,11,12)/p-1/t9-/m1/s1. The topological polar surface area (TPSA) is 91.3 Å². The number of carboxylic acid groups (broad SMARTS) is 1. The summed E-state index contributed by atoms with van der Waals surface area (Å²) in [5.41, 5.74) is -2.00. The van der Waals surface area contributed by atoms with Crippen LogP contribution in [-0.2, 0) is 9.59 Å². The highest BCUT2D eigenvalue weighted by Crippen LogP contribution is 2.30. The van der Waals surface area contributed by atoms with Crippen molar-refractivity contribution in [1.29, 1.82) is 0 Å². The number of rotatable bonds is 1. The highest BCUT2D eigenvalue weighted by molar-refractivity contribution is 6.12. The second-order valence-electron chi connectivity index (χ2n) is 3.23. The van der Waals surface area contributed by atoms with Crippen LogP contribution in [0, 0.1) is 0 Å². The van der Waals surface area contributed by atoms with E-state index in [4.69, 9.17) is 4.74 Å². The number of carbonyl (C=O) groups excluding carboxylic acids is 2. The fourth-order valence-electron chi connectivity index (χ4n) is 1.19. The molecule has 1 aliphatic heterocycles. The molecule has 0 bridgehead atoms. The number of hydrogen-bond donors (Lipinski definition) is 1. The number of fused-ring (bicyclic) bond motifs is 1. The third kappa shape index (κ3) is 1.30. The minimum Gasteiger partial charge on any atom is -0.545 e. The summed E-state index contributed by atoms with van der Waals surface area (Å²) in [7, 11) is 0. The molecule has 1 aromatic rings. The van der Waals surface area contributed by atoms with Crippen LogP contribution in [0.15, 0.2) is 18.3 Å². The molecule has 0 aromatic carbocycles. The molecule has 0 fully saturated rings. The van der Waals surface area contributed by atoms with Crippen LogP contribution in [0.25, 0.3) is 0 Å². The minimum atomic E-state index is -2.00. The van der Waals surface area contributed by atoms with E-state index in [0.717, 1.165) is 6.92 Å². The number of amides is 1. The fraction of sp³-hybridized carbons (Fsp3) is 0.222. The number of aromatic nitrogens is 1. The summed E-state index contributed by atoms with van der Waals surface area (Å²) < 4.78 is 5.06. The molecule has 1 N–H and O–H groups in total. The molecule has 0 saturated heterocycles. The SMILES string of the molecule is C[C@@]1(C(=O)[O-])Oc2cccnc2NC1=O. The predicted molar refractivity (Wildman–Crippen MR) is 46.9 cm³/mol. The molecule has 0 spiro atoms. The van der Waals surface area contributed by atoms with E-state index in [-0.39, 0.29) is 11.6 Å². The van der Waals surface area contributed by atoms with Crippen molar-refractivity contribution in [2.75, 3.05) is 5.32 Å². The largest absolute Gasteiger partial charge is 0.545 e. The van der Waals surface area contributed by atoms with Crippen molar-refractivity contribution in [2.24, 2.45) is 0 Å². The van der Waals surface area contributed by atoms with Gasteiger partial charge in [0.2, 0.25) is 5.60 Å². The Labute approximate surface area is 84.9 Å². The van der Waals surface area contributed by atoms with Crippen LogP contribution in [0.3, 0.4) is 0 Å². The molecular weight excluding hydrogens is 200 g/mol. The molecule has 2 rings (SSSR count). The number of carbonyl (C=O) groups is 2. The van der Waals surface area contributed by atoms with Crippen LogP contribution < -0.4 is 15.2 Å². The van der Waals surface area contributed by atoms with Gasteiger partial charge in [0.25, 0.3) is 5.91 Å². The maximum Gasteiger partial charge on any atom is 0.275 e. The lowest BCUT2D eigenvalue weighted by atomic mass is 10.0. The fourth-order valence-corrected chi connectivity index (χ4v) is 1.19. The molecule has 78 valence electrons. The molecule has 0 unspecified atom stereocenters. The van der Waals surface area contributed by atoms with E-state index in [1.807, 2.05) is 0 Å². The van der Waals surface area contributed by atoms with Gasteiger partial charge >= 0.3 is 0 Å². The predicted octanol–water partition coefficient (Wildman–Crippen LogP) is -1.08. The number of carboxylic acids is 1. The van der Waals surface area contributed by atoms with Gasteiger partial charge in [-0.2, -0.15) is 0 Å². The molecule has 0 saturated carbocycles. The molecule has 6 heteroatoms. The Hall–Kier alpha value is -2.11. The monoisotopic (exact) mass is 207 g/mol. The van der Waals surface area contributed by atoms with Crippen molar-refractivity contribution in [1.82, 2.24) is 4.98 Å². The number of ether oxygens (including phenoxy) is 1. The summed E-state index contributed by atoms with van der Waals surface area (Å²) in [5.74, 6) is -1.96. The van der Waals surface area contributed by atoms with E-state index in [1.165, 1.54) is 12.3 Å². The van der Waals surface area contributed by atoms with Gasteiger partial charge in [-0.1, -0.05) is 0 Å². The number of pyridine rings is 1. The van der Waals surface area contributed by atoms with Crippen LogP contribution in [-0.4, -0.2) is 22.5 Å². The van der Waals surface area contributed by atoms with Gasteiger partial charge in [-0.25, -0.2) is 4.98 Å². The van der Waals surface area contributed by atoms with E-state index in [1.54, 1.807) is 6.07 Å². The summed E-state index contributed by atoms with van der Waals surface area (Å²) in [6.07, 6.45) is 1.46. The summed E-state index contributed by atoms with van der Waals surface area (Å²) in [6, 6.07) is 3.09. The van der Waals surface area contributed by atoms with Crippen LogP contribution in [0.2, 0.25) is 0 Å². The zero-order valence-electron chi connectivity index (χ0n) is 7.81. The Morgan fingerprint density at radius 3 is 3.07 bits per heavy atom. The number of anilines is 1. The first-order valence-electron chi connectivity index (χ1n) is 4.21. The van der Waals surface area contributed by atoms with Crippen molar-refractivity contribution >= 4 is 17.7 Å². The second kappa shape index (κ2) is 2.94. The first-order chi connectivity index (χ1) is 7.04. The molecule has 0 radical (unpaired) electrons. The molecular formula is C9H7N2O4-. The molecule has 1 atom stereocenters. The van der Waals surface area contributed by atoms with Gasteiger partial charge in [-0.3, -0.25) is 4.79 Å². The average molecular weight is 207 g/mol. The maximum atomic E-state index is 11.4. The first kappa shape index (κ1) is 9.45. The highest BCUT2D eigenvalue weighted by atomic mass is 16.5. The third-order valence-corrected chi connectivity index (χ3v) is 2.14. The van der Waals surface area contributed by atoms with E-state index in [2.05, 4.69) is 10.3 Å². The Morgan fingerprint density at radius 2 is 2.40 bits per heavy atom. The van der Waals surface area contributed by atoms with Crippen LogP contribution in [0.1, 0.15) is 6.92 Å². The quantitative estimate of drug-likeness (QED) is 0.591. The van der Waals surface area contributed by atoms with E-state index in [0.29, 0.717) is 0 Å². The van der Waals surface area contributed by atoms with Gasteiger partial charge in [0, 0.05) is 6.20 Å². The first-order valence-corrected chi connectivity index (χ1v) is 4.21. The van der Waals surface area contributed by atoms with Gasteiger partial charge in [0.1, 0.15) is 0 Å². The number of nitrogens with one attached hydrogen (secondary N) is 1. The third-order valence-electron chi connectivity index (χ3n) is 2.14. The molecule has 6 nitrogen and oxygen atoms in total. The van der Waals surface area contributed by atoms with Gasteiger partial charge in [-0.05, 0) is 19.1 Å². The summed E-state index contributed by atoms with van der Waals surface area (Å²) in [5, 5.41) is 13.1. The maximum absolute atomic E-state index is 11.4. The molecule has 1 aromatic heterocycles. The van der Waals surface area contributed by atoms with Crippen molar-refractivity contribution < 1.29 is 19.4 Å². The Kier molecular flexibility index (Phi) is 1.85. The zero-order valence-corrected chi connectivity index (χ0v) is 7.81. The van der Waals surface area contributed by atoms with Gasteiger partial charge in [0.15, 0.2) is 11.6 Å². The Bertz CT molecular complexity index is 445. The van der Waals surface area contributed by atoms with Crippen LogP contribution in [0.5, 0.6) is 5.75 Å². The second-order valence-corrected chi connectivity index (χ2v) is 3.23. The normalized spacial score (nSPS) is 23.7. The molecule has 1 aliphatic rings. The molecule has 0 aliphatic carbocycles. The van der Waals surface area contributed by atoms with Crippen molar-refractivity contribution in [3.63, 3.8) is 0 Å². The molecule has 2 heterocycles. The summed E-state index contributed by atoms with van der Waals surface area (Å²) in [6.45, 7) is 1.13. The number of aliphatic carboxylic acids is 1. The van der Waals surface area contributed by atoms with Gasteiger partial charge in [0.05, 0.1) is 5.97 Å². The smallest absolute Gasteiger partial charge is 0.275 e. The lowest BCUT2D eigenvalue weighted by molar-refractivity contribution is -0.318. The number of hydrogen-bond acceptors (Lipinski definition) is 5. The van der Waals surface area contributed by atoms with Crippen LogP contribution in [0.4, 0.5) is 5.82 Å². The summed E-state index contributed by atoms with van der Waals surface area (Å²) in [4.78, 5) is 26.0. The van der Waals surface area contributed by atoms with Crippen molar-refractivity contribution in [3.05, 3.63) is 18.3 Å². The average Bonchev–Trinajstić information content (AvgIpc) is 2.19. The number of nitrogens with zero attached hydrogens (tertiary/aromatic N) is 1.